The molecule has 0 saturated carbocycles. The molecule has 0 unspecified atom stereocenters. The molecule has 0 heterocycles. The Morgan fingerprint density at radius 3 is 2.15 bits per heavy atom. The Labute approximate surface area is 250 Å². The van der Waals surface area contributed by atoms with E-state index < -0.39 is 22.5 Å². The van der Waals surface area contributed by atoms with Gasteiger partial charge in [-0.15, -0.1) is 0 Å². The van der Waals surface area contributed by atoms with E-state index in [9.17, 15) is 13.2 Å². The van der Waals surface area contributed by atoms with Gasteiger partial charge in [0.15, 0.2) is 0 Å². The van der Waals surface area contributed by atoms with Gasteiger partial charge in [0, 0.05) is 109 Å². The van der Waals surface area contributed by atoms with Crippen LogP contribution in [0.15, 0.2) is 12.2 Å². The van der Waals surface area contributed by atoms with Crippen LogP contribution in [0.5, 0.6) is 0 Å². The van der Waals surface area contributed by atoms with E-state index in [2.05, 4.69) is 6.92 Å². The van der Waals surface area contributed by atoms with Gasteiger partial charge in [0.1, 0.15) is 0 Å². The smallest absolute Gasteiger partial charge is 0.397 e. The second-order valence-electron chi connectivity index (χ2n) is 6.40. The molecular formula is C18H34K2O6S. The van der Waals surface area contributed by atoms with E-state index in [1.807, 2.05) is 12.2 Å². The molecule has 0 aliphatic carbocycles. The third-order valence-corrected chi connectivity index (χ3v) is 4.48. The quantitative estimate of drug-likeness (QED) is 0.148. The molecule has 0 aliphatic heterocycles. The molecule has 27 heavy (non-hydrogen) atoms. The summed E-state index contributed by atoms with van der Waals surface area (Å²) < 4.78 is 35.4. The minimum atomic E-state index is -4.41. The molecule has 6 nitrogen and oxygen atoms in total. The first-order valence-electron chi connectivity index (χ1n) is 9.37. The van der Waals surface area contributed by atoms with Crippen LogP contribution < -0.4 is 0 Å². The van der Waals surface area contributed by atoms with Gasteiger partial charge in [-0.2, -0.15) is 8.42 Å². The number of carboxylic acid groups (broad SMARTS) is 1. The first-order valence-corrected chi connectivity index (χ1v) is 10.7. The number of carbonyl (C=O) groups is 1. The van der Waals surface area contributed by atoms with Crippen molar-refractivity contribution in [2.24, 2.45) is 0 Å². The zero-order valence-electron chi connectivity index (χ0n) is 17.4. The molecule has 0 aromatic rings. The van der Waals surface area contributed by atoms with E-state index in [1.54, 1.807) is 0 Å². The number of allylic oxidation sites excluding steroid dienone is 1. The van der Waals surface area contributed by atoms with Crippen molar-refractivity contribution in [2.75, 3.05) is 0 Å². The maximum Gasteiger partial charge on any atom is 0.397 e. The number of carboxylic acids is 1. The summed E-state index contributed by atoms with van der Waals surface area (Å²) in [5.41, 5.74) is 0. The molecule has 0 fully saturated rings. The van der Waals surface area contributed by atoms with Crippen LogP contribution in [0.1, 0.15) is 90.4 Å². The summed E-state index contributed by atoms with van der Waals surface area (Å²) in [4.78, 5) is 10.4. The maximum absolute atomic E-state index is 10.9. The van der Waals surface area contributed by atoms with E-state index in [1.165, 1.54) is 0 Å². The first-order chi connectivity index (χ1) is 11.8. The summed E-state index contributed by atoms with van der Waals surface area (Å²) in [7, 11) is -4.41. The number of aliphatic carboxylic acids is 1. The summed E-state index contributed by atoms with van der Waals surface area (Å²) in [5, 5.41) is 8.54. The molecule has 0 aliphatic rings. The summed E-state index contributed by atoms with van der Waals surface area (Å²) >= 11 is 0. The number of rotatable bonds is 17. The van der Waals surface area contributed by atoms with E-state index in [-0.39, 0.29) is 109 Å². The van der Waals surface area contributed by atoms with Gasteiger partial charge in [-0.3, -0.25) is 9.35 Å². The summed E-state index contributed by atoms with van der Waals surface area (Å²) in [6.07, 6.45) is 14.6. The summed E-state index contributed by atoms with van der Waals surface area (Å²) in [5.74, 6) is -0.737. The van der Waals surface area contributed by atoms with Gasteiger partial charge in [0.2, 0.25) is 0 Å². The van der Waals surface area contributed by atoms with Gasteiger partial charge in [-0.25, -0.2) is 4.18 Å². The van der Waals surface area contributed by atoms with Gasteiger partial charge in [0.25, 0.3) is 0 Å². The zero-order valence-corrected chi connectivity index (χ0v) is 24.4. The molecule has 0 saturated heterocycles. The zero-order chi connectivity index (χ0) is 19.0. The minimum Gasteiger partial charge on any atom is -0.481 e. The van der Waals surface area contributed by atoms with E-state index in [0.29, 0.717) is 12.8 Å². The van der Waals surface area contributed by atoms with Crippen LogP contribution in [0.3, 0.4) is 0 Å². The van der Waals surface area contributed by atoms with Crippen LogP contribution in [0.4, 0.5) is 0 Å². The number of unbranched alkanes of at least 4 members (excludes halogenated alkanes) is 8. The molecule has 0 bridgehead atoms. The van der Waals surface area contributed by atoms with Crippen molar-refractivity contribution < 1.29 is 27.1 Å². The van der Waals surface area contributed by atoms with Gasteiger partial charge < -0.3 is 5.11 Å². The van der Waals surface area contributed by atoms with Gasteiger partial charge in [0.05, 0.1) is 6.10 Å². The van der Waals surface area contributed by atoms with Crippen molar-refractivity contribution in [1.82, 2.24) is 0 Å². The predicted octanol–water partition coefficient (Wildman–Crippen LogP) is 4.14. The fourth-order valence-electron chi connectivity index (χ4n) is 2.61. The Hall–Kier alpha value is 2.35. The molecule has 150 valence electrons. The molecule has 0 spiro atoms. The van der Waals surface area contributed by atoms with E-state index >= 15 is 0 Å². The molecule has 9 heteroatoms. The maximum atomic E-state index is 10.9. The van der Waals surface area contributed by atoms with Crippen LogP contribution in [0.2, 0.25) is 0 Å². The monoisotopic (exact) mass is 456 g/mol. The topological polar surface area (TPSA) is 101 Å². The average Bonchev–Trinajstić information content (AvgIpc) is 2.51. The van der Waals surface area contributed by atoms with Gasteiger partial charge in [-0.1, -0.05) is 64.0 Å². The summed E-state index contributed by atoms with van der Waals surface area (Å²) in [6.45, 7) is 2.11. The molecular weight excluding hydrogens is 422 g/mol. The van der Waals surface area contributed by atoms with Crippen LogP contribution in [0, 0.1) is 0 Å². The molecule has 0 rings (SSSR count). The van der Waals surface area contributed by atoms with E-state index in [0.717, 1.165) is 64.2 Å². The average molecular weight is 457 g/mol. The fraction of sp³-hybridized carbons (Fsp3) is 0.833. The SMILES string of the molecule is CCCCCC[C@H](C/C=C\CCCCCCCC(=O)O)OS(=O)(=O)O.[K].[K]. The fourth-order valence-corrected chi connectivity index (χ4v) is 3.13. The van der Waals surface area contributed by atoms with E-state index in [4.69, 9.17) is 13.8 Å². The molecule has 0 amide bonds. The number of hydrogen-bond acceptors (Lipinski definition) is 4. The van der Waals surface area contributed by atoms with Crippen LogP contribution in [-0.2, 0) is 19.4 Å². The van der Waals surface area contributed by atoms with Crippen molar-refractivity contribution in [2.45, 2.75) is 96.5 Å². The Morgan fingerprint density at radius 1 is 0.963 bits per heavy atom. The number of hydrogen-bond donors (Lipinski definition) is 2. The van der Waals surface area contributed by atoms with Crippen molar-refractivity contribution in [3.8, 4) is 0 Å². The Kier molecular flexibility index (Phi) is 29.0. The van der Waals surface area contributed by atoms with Crippen molar-refractivity contribution in [3.63, 3.8) is 0 Å². The van der Waals surface area contributed by atoms with Gasteiger partial charge in [-0.05, 0) is 32.1 Å². The third kappa shape index (κ3) is 28.4. The van der Waals surface area contributed by atoms with Crippen molar-refractivity contribution in [1.29, 1.82) is 0 Å². The van der Waals surface area contributed by atoms with Crippen LogP contribution in [-0.4, -0.2) is 133 Å². The minimum absolute atomic E-state index is 0. The third-order valence-electron chi connectivity index (χ3n) is 3.96. The van der Waals surface area contributed by atoms with Crippen LogP contribution >= 0.6 is 0 Å². The Balaban J connectivity index is -0.00000288. The molecule has 0 aromatic carbocycles. The predicted molar refractivity (Wildman–Crippen MR) is 110 cm³/mol. The molecule has 1 atom stereocenters. The molecule has 2 N–H and O–H groups in total. The second-order valence-corrected chi connectivity index (χ2v) is 7.45. The van der Waals surface area contributed by atoms with Crippen LogP contribution in [0.25, 0.3) is 0 Å². The standard InChI is InChI=1S/C18H34O6S.2K/c1-2-3-4-11-14-17(24-25(21,22)23)15-12-9-7-5-6-8-10-13-16-18(19)20;;/h9,12,17H,2-8,10-11,13-16H2,1H3,(H,19,20)(H,21,22,23);;/b12-9-;;/t17-;;/m1../s1. The first kappa shape index (κ1) is 34.0. The normalized spacial score (nSPS) is 12.4. The molecule has 2 radical (unpaired) electrons. The van der Waals surface area contributed by atoms with Crippen molar-refractivity contribution in [3.05, 3.63) is 12.2 Å². The second kappa shape index (κ2) is 23.0. The largest absolute Gasteiger partial charge is 0.481 e. The molecule has 0 aromatic heterocycles. The Morgan fingerprint density at radius 2 is 1.56 bits per heavy atom. The van der Waals surface area contributed by atoms with Gasteiger partial charge >= 0.3 is 16.4 Å². The summed E-state index contributed by atoms with van der Waals surface area (Å²) in [6, 6.07) is 0. The van der Waals surface area contributed by atoms with Crippen molar-refractivity contribution >= 4 is 119 Å². The Bertz CT molecular complexity index is 468.